The molecule has 2 heteroatoms. The number of carbonyl (C=O) groups is 1. The number of benzene rings is 1. The van der Waals surface area contributed by atoms with E-state index in [4.69, 9.17) is 0 Å². The first-order valence-corrected chi connectivity index (χ1v) is 7.76. The molecule has 1 aliphatic rings. The maximum absolute atomic E-state index is 12.7. The van der Waals surface area contributed by atoms with Crippen LogP contribution in [0.25, 0.3) is 0 Å². The van der Waals surface area contributed by atoms with Gasteiger partial charge in [-0.25, -0.2) is 0 Å². The van der Waals surface area contributed by atoms with E-state index in [0.717, 1.165) is 31.5 Å². The molecule has 0 bridgehead atoms. The third-order valence-electron chi connectivity index (χ3n) is 4.35. The van der Waals surface area contributed by atoms with Gasteiger partial charge in [0.05, 0.1) is 5.92 Å². The summed E-state index contributed by atoms with van der Waals surface area (Å²) in [6.45, 7) is 7.07. The average molecular weight is 271 g/mol. The number of amides is 1. The molecule has 0 spiro atoms. The fraction of sp³-hybridized carbons (Fsp3) is 0.500. The second kappa shape index (κ2) is 6.74. The molecule has 2 unspecified atom stereocenters. The number of rotatable bonds is 6. The molecule has 0 aromatic heterocycles. The summed E-state index contributed by atoms with van der Waals surface area (Å²) in [6.07, 6.45) is 7.50. The van der Waals surface area contributed by atoms with Gasteiger partial charge in [0, 0.05) is 12.2 Å². The van der Waals surface area contributed by atoms with Crippen LogP contribution in [0.4, 0.5) is 5.69 Å². The van der Waals surface area contributed by atoms with Gasteiger partial charge < -0.3 is 4.90 Å². The van der Waals surface area contributed by atoms with E-state index in [2.05, 4.69) is 51.1 Å². The minimum Gasteiger partial charge on any atom is -0.312 e. The quantitative estimate of drug-likeness (QED) is 0.697. The Bertz CT molecular complexity index is 492. The number of allylic oxidation sites excluding steroid dienone is 2. The van der Waals surface area contributed by atoms with Crippen molar-refractivity contribution in [3.63, 3.8) is 0 Å². The lowest BCUT2D eigenvalue weighted by Crippen LogP contribution is -2.31. The SMILES string of the molecule is CC=CCCC(CC)C1C(=O)N(CC)c2ccccc21. The highest BCUT2D eigenvalue weighted by atomic mass is 16.2. The molecule has 1 aromatic carbocycles. The molecular formula is C18H25NO. The first-order chi connectivity index (χ1) is 9.74. The van der Waals surface area contributed by atoms with Crippen molar-refractivity contribution in [2.75, 3.05) is 11.4 Å². The highest BCUT2D eigenvalue weighted by Gasteiger charge is 2.39. The first kappa shape index (κ1) is 14.8. The van der Waals surface area contributed by atoms with Crippen LogP contribution in [0.2, 0.25) is 0 Å². The smallest absolute Gasteiger partial charge is 0.234 e. The zero-order valence-electron chi connectivity index (χ0n) is 12.8. The Morgan fingerprint density at radius 1 is 1.30 bits per heavy atom. The van der Waals surface area contributed by atoms with Gasteiger partial charge in [-0.3, -0.25) is 4.79 Å². The van der Waals surface area contributed by atoms with Crippen molar-refractivity contribution >= 4 is 11.6 Å². The third-order valence-corrected chi connectivity index (χ3v) is 4.35. The molecule has 1 aromatic rings. The van der Waals surface area contributed by atoms with Gasteiger partial charge >= 0.3 is 0 Å². The van der Waals surface area contributed by atoms with Crippen LogP contribution >= 0.6 is 0 Å². The van der Waals surface area contributed by atoms with E-state index < -0.39 is 0 Å². The lowest BCUT2D eigenvalue weighted by molar-refractivity contribution is -0.120. The Morgan fingerprint density at radius 3 is 2.70 bits per heavy atom. The largest absolute Gasteiger partial charge is 0.312 e. The highest BCUT2D eigenvalue weighted by molar-refractivity contribution is 6.05. The number of anilines is 1. The number of para-hydroxylation sites is 1. The molecule has 2 rings (SSSR count). The lowest BCUT2D eigenvalue weighted by Gasteiger charge is -2.22. The molecule has 0 saturated heterocycles. The predicted molar refractivity (Wildman–Crippen MR) is 85.0 cm³/mol. The Balaban J connectivity index is 2.28. The van der Waals surface area contributed by atoms with Crippen LogP contribution in [0.15, 0.2) is 36.4 Å². The summed E-state index contributed by atoms with van der Waals surface area (Å²) in [7, 11) is 0. The van der Waals surface area contributed by atoms with E-state index in [9.17, 15) is 4.79 Å². The van der Waals surface area contributed by atoms with Crippen LogP contribution in [-0.4, -0.2) is 12.5 Å². The Labute approximate surface area is 122 Å². The molecular weight excluding hydrogens is 246 g/mol. The Kier molecular flexibility index (Phi) is 4.99. The summed E-state index contributed by atoms with van der Waals surface area (Å²) >= 11 is 0. The van der Waals surface area contributed by atoms with Crippen LogP contribution in [0.5, 0.6) is 0 Å². The molecule has 0 saturated carbocycles. The first-order valence-electron chi connectivity index (χ1n) is 7.76. The molecule has 0 radical (unpaired) electrons. The van der Waals surface area contributed by atoms with Crippen molar-refractivity contribution in [3.8, 4) is 0 Å². The van der Waals surface area contributed by atoms with Gasteiger partial charge in [-0.1, -0.05) is 43.7 Å². The van der Waals surface area contributed by atoms with Gasteiger partial charge in [0.25, 0.3) is 0 Å². The maximum Gasteiger partial charge on any atom is 0.234 e. The fourth-order valence-corrected chi connectivity index (χ4v) is 3.28. The van der Waals surface area contributed by atoms with Crippen molar-refractivity contribution < 1.29 is 4.79 Å². The van der Waals surface area contributed by atoms with E-state index in [0.29, 0.717) is 11.8 Å². The van der Waals surface area contributed by atoms with Crippen LogP contribution in [0, 0.1) is 5.92 Å². The van der Waals surface area contributed by atoms with Crippen molar-refractivity contribution in [2.45, 2.75) is 46.0 Å². The molecule has 0 N–H and O–H groups in total. The Hall–Kier alpha value is -1.57. The summed E-state index contributed by atoms with van der Waals surface area (Å²) in [4.78, 5) is 14.7. The summed E-state index contributed by atoms with van der Waals surface area (Å²) in [5.74, 6) is 0.791. The van der Waals surface area contributed by atoms with Crippen LogP contribution in [-0.2, 0) is 4.79 Å². The number of hydrogen-bond donors (Lipinski definition) is 0. The van der Waals surface area contributed by atoms with Crippen LogP contribution in [0.1, 0.15) is 51.5 Å². The zero-order valence-corrected chi connectivity index (χ0v) is 12.8. The summed E-state index contributed by atoms with van der Waals surface area (Å²) in [6, 6.07) is 8.29. The van der Waals surface area contributed by atoms with Crippen molar-refractivity contribution in [2.24, 2.45) is 5.92 Å². The molecule has 2 nitrogen and oxygen atoms in total. The monoisotopic (exact) mass is 271 g/mol. The van der Waals surface area contributed by atoms with E-state index in [-0.39, 0.29) is 5.92 Å². The molecule has 0 aliphatic carbocycles. The molecule has 2 atom stereocenters. The molecule has 20 heavy (non-hydrogen) atoms. The fourth-order valence-electron chi connectivity index (χ4n) is 3.28. The van der Waals surface area contributed by atoms with E-state index in [1.807, 2.05) is 11.0 Å². The van der Waals surface area contributed by atoms with Gasteiger partial charge in [-0.15, -0.1) is 0 Å². The number of hydrogen-bond acceptors (Lipinski definition) is 1. The van der Waals surface area contributed by atoms with Gasteiger partial charge in [0.2, 0.25) is 5.91 Å². The van der Waals surface area contributed by atoms with E-state index in [1.54, 1.807) is 0 Å². The molecule has 1 amide bonds. The van der Waals surface area contributed by atoms with Gasteiger partial charge in [-0.2, -0.15) is 0 Å². The minimum atomic E-state index is 0.0569. The molecule has 0 fully saturated rings. The minimum absolute atomic E-state index is 0.0569. The summed E-state index contributed by atoms with van der Waals surface area (Å²) in [5, 5.41) is 0. The van der Waals surface area contributed by atoms with Crippen molar-refractivity contribution in [1.82, 2.24) is 0 Å². The molecule has 108 valence electrons. The number of likely N-dealkylation sites (N-methyl/N-ethyl adjacent to an activating group) is 1. The summed E-state index contributed by atoms with van der Waals surface area (Å²) in [5.41, 5.74) is 2.35. The van der Waals surface area contributed by atoms with Gasteiger partial charge in [0.15, 0.2) is 0 Å². The maximum atomic E-state index is 12.7. The third kappa shape index (κ3) is 2.65. The normalized spacial score (nSPS) is 19.6. The number of nitrogens with zero attached hydrogens (tertiary/aromatic N) is 1. The van der Waals surface area contributed by atoms with Crippen LogP contribution in [0.3, 0.4) is 0 Å². The topological polar surface area (TPSA) is 20.3 Å². The van der Waals surface area contributed by atoms with Crippen molar-refractivity contribution in [3.05, 3.63) is 42.0 Å². The van der Waals surface area contributed by atoms with E-state index >= 15 is 0 Å². The van der Waals surface area contributed by atoms with Crippen molar-refractivity contribution in [1.29, 1.82) is 0 Å². The van der Waals surface area contributed by atoms with Crippen LogP contribution < -0.4 is 4.90 Å². The molecule has 1 aliphatic heterocycles. The summed E-state index contributed by atoms with van der Waals surface area (Å²) < 4.78 is 0. The molecule has 1 heterocycles. The van der Waals surface area contributed by atoms with Gasteiger partial charge in [0.1, 0.15) is 0 Å². The average Bonchev–Trinajstić information content (AvgIpc) is 2.76. The van der Waals surface area contributed by atoms with Gasteiger partial charge in [-0.05, 0) is 44.2 Å². The second-order valence-corrected chi connectivity index (χ2v) is 5.43. The zero-order chi connectivity index (χ0) is 14.5. The number of fused-ring (bicyclic) bond motifs is 1. The lowest BCUT2D eigenvalue weighted by atomic mass is 9.82. The Morgan fingerprint density at radius 2 is 2.05 bits per heavy atom. The highest BCUT2D eigenvalue weighted by Crippen LogP contribution is 2.43. The second-order valence-electron chi connectivity index (χ2n) is 5.43. The number of carbonyl (C=O) groups excluding carboxylic acids is 1. The standard InChI is InChI=1S/C18H25NO/c1-4-7-8-11-14(5-2)17-15-12-9-10-13-16(15)19(6-3)18(17)20/h4,7,9-10,12-14,17H,5-6,8,11H2,1-3H3. The van der Waals surface area contributed by atoms with E-state index in [1.165, 1.54) is 5.56 Å². The predicted octanol–water partition coefficient (Wildman–Crippen LogP) is 4.52.